The molecule has 2 saturated heterocycles. The Kier molecular flexibility index (Phi) is 14.3. The molecule has 70 heavy (non-hydrogen) atoms. The summed E-state index contributed by atoms with van der Waals surface area (Å²) in [7, 11) is 0. The fourth-order valence-electron chi connectivity index (χ4n) is 11.2. The highest BCUT2D eigenvalue weighted by atomic mass is 35.5. The van der Waals surface area contributed by atoms with E-state index in [9.17, 15) is 9.59 Å². The van der Waals surface area contributed by atoms with Gasteiger partial charge in [0.1, 0.15) is 11.8 Å². The van der Waals surface area contributed by atoms with E-state index in [4.69, 9.17) is 31.4 Å². The van der Waals surface area contributed by atoms with Gasteiger partial charge in [-0.25, -0.2) is 8.78 Å². The maximum atomic E-state index is 15.1. The molecule has 366 valence electrons. The van der Waals surface area contributed by atoms with E-state index in [1.807, 2.05) is 29.2 Å². The number of aryl methyl sites for hydroxylation is 2. The smallest absolute Gasteiger partial charge is 0.272 e. The Bertz CT molecular complexity index is 2720. The number of carbonyl (C=O) groups is 2. The van der Waals surface area contributed by atoms with Gasteiger partial charge in [0.25, 0.3) is 12.3 Å². The minimum Gasteiger partial charge on any atom is -0.490 e. The van der Waals surface area contributed by atoms with Gasteiger partial charge in [0.05, 0.1) is 29.3 Å². The number of nitrogens with zero attached hydrogens (tertiary/aromatic N) is 8. The Labute approximate surface area is 413 Å². The van der Waals surface area contributed by atoms with Crippen molar-refractivity contribution in [2.45, 2.75) is 122 Å². The summed E-state index contributed by atoms with van der Waals surface area (Å²) in [6.45, 7) is 6.46. The van der Waals surface area contributed by atoms with Crippen LogP contribution in [-0.2, 0) is 35.3 Å². The van der Waals surface area contributed by atoms with Crippen LogP contribution in [0, 0.1) is 17.2 Å². The number of nitriles is 1. The lowest BCUT2D eigenvalue weighted by molar-refractivity contribution is -0.129. The van der Waals surface area contributed by atoms with Crippen molar-refractivity contribution in [3.63, 3.8) is 0 Å². The molecule has 1 saturated carbocycles. The lowest BCUT2D eigenvalue weighted by Gasteiger charge is -2.33. The minimum atomic E-state index is -2.66. The van der Waals surface area contributed by atoms with Crippen LogP contribution in [-0.4, -0.2) is 88.2 Å². The van der Waals surface area contributed by atoms with Crippen LogP contribution in [0.4, 0.5) is 26.1 Å². The molecule has 0 atom stereocenters. The Hall–Kier alpha value is -6.11. The van der Waals surface area contributed by atoms with Crippen LogP contribution in [0.25, 0.3) is 11.1 Å². The third-order valence-corrected chi connectivity index (χ3v) is 15.5. The second kappa shape index (κ2) is 21.1. The molecule has 0 radical (unpaired) electrons. The highest BCUT2D eigenvalue weighted by molar-refractivity contribution is 6.31. The predicted molar refractivity (Wildman–Crippen MR) is 264 cm³/mol. The topological polar surface area (TPSA) is 142 Å². The van der Waals surface area contributed by atoms with Crippen molar-refractivity contribution in [1.29, 1.82) is 5.26 Å². The average molecular weight is 973 g/mol. The van der Waals surface area contributed by atoms with Crippen molar-refractivity contribution >= 4 is 40.7 Å². The summed E-state index contributed by atoms with van der Waals surface area (Å²) in [6.07, 6.45) is 8.58. The molecule has 2 aromatic heterocycles. The van der Waals surface area contributed by atoms with Crippen LogP contribution in [0.15, 0.2) is 66.7 Å². The number of halogens is 3. The van der Waals surface area contributed by atoms with Crippen LogP contribution < -0.4 is 19.9 Å². The molecule has 3 fully saturated rings. The molecule has 1 aliphatic carbocycles. The van der Waals surface area contributed by atoms with E-state index in [2.05, 4.69) is 48.2 Å². The maximum Gasteiger partial charge on any atom is 0.272 e. The van der Waals surface area contributed by atoms with Gasteiger partial charge >= 0.3 is 0 Å². The second-order valence-electron chi connectivity index (χ2n) is 19.6. The number of carbonyl (C=O) groups excluding carboxylic acids is 2. The molecule has 1 N–H and O–H groups in total. The van der Waals surface area contributed by atoms with E-state index < -0.39 is 6.43 Å². The molecule has 4 aliphatic heterocycles. The van der Waals surface area contributed by atoms with Crippen LogP contribution in [0.3, 0.4) is 0 Å². The fourth-order valence-corrected chi connectivity index (χ4v) is 11.4. The number of anilines is 3. The predicted octanol–water partition coefficient (Wildman–Crippen LogP) is 10.1. The lowest BCUT2D eigenvalue weighted by Crippen LogP contribution is -2.40. The Morgan fingerprint density at radius 2 is 1.70 bits per heavy atom. The van der Waals surface area contributed by atoms with Gasteiger partial charge in [0.15, 0.2) is 17.3 Å². The summed E-state index contributed by atoms with van der Waals surface area (Å²) >= 11 is 6.17. The van der Waals surface area contributed by atoms with Gasteiger partial charge in [-0.05, 0) is 142 Å². The van der Waals surface area contributed by atoms with Crippen molar-refractivity contribution in [1.82, 2.24) is 30.2 Å². The standard InChI is InChI=1S/C54H60ClF2N9O4/c1-34(67)64-26-20-49-46(33-64)53(62-66(49)41-21-27-69-28-22-41)65-23-2-3-38-29-44(45(52(56)57)31-50(38)65)37-8-6-35(7-9-37)4-5-36-18-24-63(25-19-36)51-17-16-48(60-61-51)54(68)59-40-11-14-42(15-12-40)70-43-13-10-39(32-58)47(55)30-43/h6-10,13,16-17,29-31,36,40-42,52H,2-5,11-12,14-15,18-28,33H2,1H3,(H,59,68). The molecule has 0 spiro atoms. The highest BCUT2D eigenvalue weighted by Gasteiger charge is 2.35. The highest BCUT2D eigenvalue weighted by Crippen LogP contribution is 2.44. The van der Waals surface area contributed by atoms with E-state index >= 15 is 8.78 Å². The monoisotopic (exact) mass is 971 g/mol. The van der Waals surface area contributed by atoms with E-state index in [0.717, 1.165) is 130 Å². The van der Waals surface area contributed by atoms with Crippen LogP contribution >= 0.6 is 11.6 Å². The molecule has 6 heterocycles. The first-order valence-electron chi connectivity index (χ1n) is 25.1. The molecule has 13 nitrogen and oxygen atoms in total. The zero-order valence-electron chi connectivity index (χ0n) is 39.7. The quantitative estimate of drug-likeness (QED) is 0.128. The first-order valence-corrected chi connectivity index (χ1v) is 25.5. The molecule has 0 unspecified atom stereocenters. The van der Waals surface area contributed by atoms with Gasteiger partial charge in [-0.1, -0.05) is 35.9 Å². The summed E-state index contributed by atoms with van der Waals surface area (Å²) in [4.78, 5) is 31.9. The molecule has 3 aromatic carbocycles. The van der Waals surface area contributed by atoms with Gasteiger partial charge in [0, 0.05) is 87.4 Å². The third kappa shape index (κ3) is 10.4. The normalized spacial score (nSPS) is 19.9. The third-order valence-electron chi connectivity index (χ3n) is 15.2. The van der Waals surface area contributed by atoms with Gasteiger partial charge in [0.2, 0.25) is 5.91 Å². The molecule has 16 heteroatoms. The number of amides is 2. The van der Waals surface area contributed by atoms with Gasteiger partial charge < -0.3 is 29.5 Å². The fraction of sp³-hybridized carbons (Fsp3) is 0.481. The van der Waals surface area contributed by atoms with Gasteiger partial charge in [-0.15, -0.1) is 10.2 Å². The zero-order valence-corrected chi connectivity index (χ0v) is 40.5. The van der Waals surface area contributed by atoms with Gasteiger partial charge in [-0.3, -0.25) is 14.3 Å². The molecule has 5 aromatic rings. The molecular weight excluding hydrogens is 912 g/mol. The maximum absolute atomic E-state index is 15.1. The summed E-state index contributed by atoms with van der Waals surface area (Å²) in [6, 6.07) is 22.9. The van der Waals surface area contributed by atoms with E-state index in [1.54, 1.807) is 37.3 Å². The number of fused-ring (bicyclic) bond motifs is 2. The SMILES string of the molecule is CC(=O)N1CCc2c(c(N3CCCc4cc(-c5ccc(CCC6CCN(c7ccc(C(=O)NC8CCC(Oc9ccc(C#N)c(Cl)c9)CC8)nn7)CC6)cc5)c(C(F)F)cc43)nn2C2CCOCC2)C1. The Morgan fingerprint density at radius 1 is 0.914 bits per heavy atom. The van der Waals surface area contributed by atoms with Crippen LogP contribution in [0.2, 0.25) is 5.02 Å². The largest absolute Gasteiger partial charge is 0.490 e. The number of hydrogen-bond donors (Lipinski definition) is 1. The number of hydrogen-bond acceptors (Lipinski definition) is 10. The number of nitrogens with one attached hydrogen (secondary N) is 1. The van der Waals surface area contributed by atoms with Crippen molar-refractivity contribution < 1.29 is 27.8 Å². The van der Waals surface area contributed by atoms with Crippen LogP contribution in [0.1, 0.15) is 128 Å². The summed E-state index contributed by atoms with van der Waals surface area (Å²) in [5.41, 5.74) is 7.27. The lowest BCUT2D eigenvalue weighted by atomic mass is 9.89. The Morgan fingerprint density at radius 3 is 2.40 bits per heavy atom. The molecule has 2 amide bonds. The number of piperidine rings is 1. The van der Waals surface area contributed by atoms with Crippen molar-refractivity contribution in [2.24, 2.45) is 5.92 Å². The van der Waals surface area contributed by atoms with Gasteiger partial charge in [-0.2, -0.15) is 10.4 Å². The summed E-state index contributed by atoms with van der Waals surface area (Å²) in [5, 5.41) is 26.6. The Balaban J connectivity index is 0.723. The first-order chi connectivity index (χ1) is 34.1. The number of benzene rings is 3. The first kappa shape index (κ1) is 47.6. The van der Waals surface area contributed by atoms with Crippen molar-refractivity contribution in [3.05, 3.63) is 111 Å². The summed E-state index contributed by atoms with van der Waals surface area (Å²) < 4.78 is 44.1. The van der Waals surface area contributed by atoms with Crippen molar-refractivity contribution in [3.8, 4) is 22.9 Å². The molecular formula is C54H60ClF2N9O4. The number of alkyl halides is 2. The summed E-state index contributed by atoms with van der Waals surface area (Å²) in [5.74, 6) is 2.53. The van der Waals surface area contributed by atoms with Crippen LogP contribution in [0.5, 0.6) is 5.75 Å². The van der Waals surface area contributed by atoms with E-state index in [0.29, 0.717) is 72.8 Å². The van der Waals surface area contributed by atoms with Crippen molar-refractivity contribution in [2.75, 3.05) is 49.2 Å². The average Bonchev–Trinajstić information content (AvgIpc) is 3.77. The number of rotatable bonds is 12. The molecule has 10 rings (SSSR count). The second-order valence-corrected chi connectivity index (χ2v) is 20.0. The van der Waals surface area contributed by atoms with E-state index in [1.165, 1.54) is 5.56 Å². The molecule has 5 aliphatic rings. The number of aromatic nitrogens is 4. The zero-order chi connectivity index (χ0) is 48.3. The van der Waals surface area contributed by atoms with E-state index in [-0.39, 0.29) is 35.6 Å². The number of ether oxygens (including phenoxy) is 2. The molecule has 0 bridgehead atoms. The minimum absolute atomic E-state index is 0.0138.